The van der Waals surface area contributed by atoms with Crippen LogP contribution in [-0.4, -0.2) is 66.3 Å². The number of amides is 2. The average Bonchev–Trinajstić information content (AvgIpc) is 2.29. The highest BCUT2D eigenvalue weighted by Crippen LogP contribution is 2.08. The Morgan fingerprint density at radius 1 is 1.44 bits per heavy atom. The molecule has 1 atom stereocenters. The van der Waals surface area contributed by atoms with Gasteiger partial charge in [0.15, 0.2) is 0 Å². The summed E-state index contributed by atoms with van der Waals surface area (Å²) in [5, 5.41) is 8.95. The molecule has 0 aromatic carbocycles. The lowest BCUT2D eigenvalue weighted by Gasteiger charge is -2.33. The third-order valence-electron chi connectivity index (χ3n) is 2.72. The number of carbonyl (C=O) groups excluding carboxylic acids is 1. The van der Waals surface area contributed by atoms with Crippen molar-refractivity contribution in [1.29, 1.82) is 0 Å². The summed E-state index contributed by atoms with van der Waals surface area (Å²) in [7, 11) is 1.53. The molecule has 1 aliphatic rings. The molecule has 1 N–H and O–H groups in total. The fourth-order valence-electron chi connectivity index (χ4n) is 1.73. The Hall–Kier alpha value is -1.30. The zero-order valence-corrected chi connectivity index (χ0v) is 9.68. The number of ether oxygens (including phenoxy) is 1. The van der Waals surface area contributed by atoms with E-state index in [-0.39, 0.29) is 6.03 Å². The Kier molecular flexibility index (Phi) is 4.54. The van der Waals surface area contributed by atoms with Crippen molar-refractivity contribution in [3.8, 4) is 0 Å². The minimum Gasteiger partial charge on any atom is -0.480 e. The minimum absolute atomic E-state index is 0.238. The summed E-state index contributed by atoms with van der Waals surface area (Å²) in [4.78, 5) is 25.8. The molecule has 0 bridgehead atoms. The quantitative estimate of drug-likeness (QED) is 0.753. The van der Waals surface area contributed by atoms with Crippen molar-refractivity contribution in [2.45, 2.75) is 19.4 Å². The van der Waals surface area contributed by atoms with Gasteiger partial charge in [0.25, 0.3) is 0 Å². The molecule has 16 heavy (non-hydrogen) atoms. The van der Waals surface area contributed by atoms with E-state index in [4.69, 9.17) is 9.84 Å². The van der Waals surface area contributed by atoms with Crippen LogP contribution in [0.4, 0.5) is 4.79 Å². The van der Waals surface area contributed by atoms with Crippen molar-refractivity contribution in [3.05, 3.63) is 0 Å². The van der Waals surface area contributed by atoms with E-state index in [9.17, 15) is 9.59 Å². The van der Waals surface area contributed by atoms with E-state index in [1.807, 2.05) is 0 Å². The van der Waals surface area contributed by atoms with Crippen LogP contribution in [0.25, 0.3) is 0 Å². The number of urea groups is 1. The first-order valence-electron chi connectivity index (χ1n) is 5.40. The molecule has 1 fully saturated rings. The van der Waals surface area contributed by atoms with Gasteiger partial charge in [-0.15, -0.1) is 0 Å². The monoisotopic (exact) mass is 230 g/mol. The van der Waals surface area contributed by atoms with Crippen molar-refractivity contribution in [1.82, 2.24) is 9.80 Å². The number of aliphatic carboxylic acids is 1. The topological polar surface area (TPSA) is 70.1 Å². The smallest absolute Gasteiger partial charge is 0.326 e. The van der Waals surface area contributed by atoms with Crippen molar-refractivity contribution >= 4 is 12.0 Å². The van der Waals surface area contributed by atoms with Crippen LogP contribution >= 0.6 is 0 Å². The molecule has 1 rings (SSSR count). The normalized spacial score (nSPS) is 18.0. The summed E-state index contributed by atoms with van der Waals surface area (Å²) in [6.07, 6.45) is 0.405. The minimum atomic E-state index is -0.966. The number of hydrogen-bond acceptors (Lipinski definition) is 3. The standard InChI is InChI=1S/C10H18N2O4/c1-3-8(9(13)14)11(2)10(15)12-4-6-16-7-5-12/h8H,3-7H2,1-2H3,(H,13,14). The predicted octanol–water partition coefficient (Wildman–Crippen LogP) is 0.234. The lowest BCUT2D eigenvalue weighted by Crippen LogP contribution is -2.51. The summed E-state index contributed by atoms with van der Waals surface area (Å²) in [6, 6.07) is -0.993. The third kappa shape index (κ3) is 2.85. The number of hydrogen-bond donors (Lipinski definition) is 1. The Morgan fingerprint density at radius 2 is 2.00 bits per heavy atom. The van der Waals surface area contributed by atoms with Gasteiger partial charge in [-0.25, -0.2) is 9.59 Å². The summed E-state index contributed by atoms with van der Waals surface area (Å²) in [6.45, 7) is 3.84. The number of carboxylic acids is 1. The van der Waals surface area contributed by atoms with Gasteiger partial charge >= 0.3 is 12.0 Å². The maximum absolute atomic E-state index is 11.9. The molecule has 6 nitrogen and oxygen atoms in total. The molecule has 0 aliphatic carbocycles. The van der Waals surface area contributed by atoms with Crippen LogP contribution in [0.2, 0.25) is 0 Å². The first-order chi connectivity index (χ1) is 7.57. The van der Waals surface area contributed by atoms with E-state index in [1.165, 1.54) is 11.9 Å². The molecule has 2 amide bonds. The zero-order chi connectivity index (χ0) is 12.1. The molecule has 1 unspecified atom stereocenters. The second kappa shape index (κ2) is 5.69. The molecule has 0 radical (unpaired) electrons. The Bertz CT molecular complexity index is 264. The Morgan fingerprint density at radius 3 is 2.44 bits per heavy atom. The van der Waals surface area contributed by atoms with Gasteiger partial charge in [0, 0.05) is 20.1 Å². The molecule has 1 heterocycles. The number of carbonyl (C=O) groups is 2. The lowest BCUT2D eigenvalue weighted by atomic mass is 10.2. The maximum atomic E-state index is 11.9. The van der Waals surface area contributed by atoms with Gasteiger partial charge in [-0.2, -0.15) is 0 Å². The molecule has 1 aliphatic heterocycles. The van der Waals surface area contributed by atoms with E-state index in [1.54, 1.807) is 11.8 Å². The highest BCUT2D eigenvalue weighted by atomic mass is 16.5. The van der Waals surface area contributed by atoms with Gasteiger partial charge < -0.3 is 19.6 Å². The van der Waals surface area contributed by atoms with Gasteiger partial charge in [0.05, 0.1) is 13.2 Å². The third-order valence-corrected chi connectivity index (χ3v) is 2.72. The Balaban J connectivity index is 2.60. The number of rotatable bonds is 3. The summed E-state index contributed by atoms with van der Waals surface area (Å²) < 4.78 is 5.14. The second-order valence-corrected chi connectivity index (χ2v) is 3.76. The largest absolute Gasteiger partial charge is 0.480 e. The van der Waals surface area contributed by atoms with Crippen LogP contribution in [0.15, 0.2) is 0 Å². The molecule has 0 aromatic rings. The van der Waals surface area contributed by atoms with Gasteiger partial charge in [-0.3, -0.25) is 0 Å². The SMILES string of the molecule is CCC(C(=O)O)N(C)C(=O)N1CCOCC1. The van der Waals surface area contributed by atoms with Crippen LogP contribution < -0.4 is 0 Å². The number of likely N-dealkylation sites (N-methyl/N-ethyl adjacent to an activating group) is 1. The predicted molar refractivity (Wildman–Crippen MR) is 57.3 cm³/mol. The van der Waals surface area contributed by atoms with E-state index >= 15 is 0 Å². The molecule has 92 valence electrons. The van der Waals surface area contributed by atoms with E-state index < -0.39 is 12.0 Å². The molecule has 0 saturated carbocycles. The van der Waals surface area contributed by atoms with E-state index in [2.05, 4.69) is 0 Å². The van der Waals surface area contributed by atoms with Gasteiger partial charge in [-0.05, 0) is 6.42 Å². The summed E-state index contributed by atoms with van der Waals surface area (Å²) in [5.74, 6) is -0.966. The molecule has 1 saturated heterocycles. The second-order valence-electron chi connectivity index (χ2n) is 3.76. The Labute approximate surface area is 94.8 Å². The lowest BCUT2D eigenvalue weighted by molar-refractivity contribution is -0.142. The molecule has 6 heteroatoms. The molecular weight excluding hydrogens is 212 g/mol. The van der Waals surface area contributed by atoms with Gasteiger partial charge in [0.1, 0.15) is 6.04 Å². The number of morpholine rings is 1. The maximum Gasteiger partial charge on any atom is 0.326 e. The fraction of sp³-hybridized carbons (Fsp3) is 0.800. The first kappa shape index (κ1) is 12.8. The molecule has 0 spiro atoms. The summed E-state index contributed by atoms with van der Waals surface area (Å²) in [5.41, 5.74) is 0. The van der Waals surface area contributed by atoms with Crippen molar-refractivity contribution in [3.63, 3.8) is 0 Å². The van der Waals surface area contributed by atoms with Crippen LogP contribution in [0.5, 0.6) is 0 Å². The number of nitrogens with zero attached hydrogens (tertiary/aromatic N) is 2. The highest BCUT2D eigenvalue weighted by molar-refractivity contribution is 5.82. The van der Waals surface area contributed by atoms with E-state index in [0.717, 1.165) is 0 Å². The number of carboxylic acid groups (broad SMARTS) is 1. The van der Waals surface area contributed by atoms with Crippen molar-refractivity contribution in [2.24, 2.45) is 0 Å². The fourth-order valence-corrected chi connectivity index (χ4v) is 1.73. The highest BCUT2D eigenvalue weighted by Gasteiger charge is 2.28. The van der Waals surface area contributed by atoms with E-state index in [0.29, 0.717) is 32.7 Å². The van der Waals surface area contributed by atoms with Crippen LogP contribution in [0, 0.1) is 0 Å². The van der Waals surface area contributed by atoms with Gasteiger partial charge in [0.2, 0.25) is 0 Å². The van der Waals surface area contributed by atoms with Crippen LogP contribution in [-0.2, 0) is 9.53 Å². The average molecular weight is 230 g/mol. The molecular formula is C10H18N2O4. The first-order valence-corrected chi connectivity index (χ1v) is 5.40. The summed E-state index contributed by atoms with van der Waals surface area (Å²) >= 11 is 0. The van der Waals surface area contributed by atoms with Crippen LogP contribution in [0.3, 0.4) is 0 Å². The van der Waals surface area contributed by atoms with Gasteiger partial charge in [-0.1, -0.05) is 6.92 Å². The van der Waals surface area contributed by atoms with Crippen molar-refractivity contribution in [2.75, 3.05) is 33.4 Å². The van der Waals surface area contributed by atoms with Crippen LogP contribution in [0.1, 0.15) is 13.3 Å². The molecule has 0 aromatic heterocycles. The van der Waals surface area contributed by atoms with Crippen molar-refractivity contribution < 1.29 is 19.4 Å². The zero-order valence-electron chi connectivity index (χ0n) is 9.68.